The average Bonchev–Trinajstić information content (AvgIpc) is 2.13. The van der Waals surface area contributed by atoms with Crippen LogP contribution in [0.4, 0.5) is 0 Å². The number of aliphatic imine (C=N–C) groups is 1. The fourth-order valence-corrected chi connectivity index (χ4v) is 0.559. The van der Waals surface area contributed by atoms with Crippen LogP contribution in [0.5, 0.6) is 0 Å². The molecule has 0 aromatic carbocycles. The number of nitrogens with two attached hydrogens (primary N) is 1. The van der Waals surface area contributed by atoms with Crippen LogP contribution < -0.4 is 5.73 Å². The van der Waals surface area contributed by atoms with Gasteiger partial charge in [-0.05, 0) is 0 Å². The van der Waals surface area contributed by atoms with Crippen molar-refractivity contribution >= 4 is 5.84 Å². The molecule has 52 valence electrons. The number of aliphatic hydroxyl groups is 2. The number of hydrogen-bond acceptors (Lipinski definition) is 5. The smallest absolute Gasteiger partial charge is 0.293 e. The topological polar surface area (TPSA) is 88.1 Å². The average molecular weight is 132 g/mol. The molecule has 0 aromatic heterocycles. The third-order valence-corrected chi connectivity index (χ3v) is 0.975. The molecule has 5 heteroatoms. The van der Waals surface area contributed by atoms with Gasteiger partial charge in [-0.3, -0.25) is 0 Å². The largest absolute Gasteiger partial charge is 0.389 e. The van der Waals surface area contributed by atoms with E-state index < -0.39 is 12.5 Å². The molecular weight excluding hydrogens is 124 g/mol. The molecule has 0 aliphatic carbocycles. The van der Waals surface area contributed by atoms with Crippen LogP contribution in [-0.4, -0.2) is 35.2 Å². The molecular formula is C4H8N2O3. The molecule has 1 rings (SSSR count). The molecule has 0 fully saturated rings. The molecule has 0 bridgehead atoms. The van der Waals surface area contributed by atoms with Crippen molar-refractivity contribution < 1.29 is 14.9 Å². The van der Waals surface area contributed by atoms with Gasteiger partial charge in [-0.1, -0.05) is 0 Å². The van der Waals surface area contributed by atoms with Gasteiger partial charge in [0, 0.05) is 0 Å². The Kier molecular flexibility index (Phi) is 1.40. The van der Waals surface area contributed by atoms with E-state index in [0.29, 0.717) is 0 Å². The van der Waals surface area contributed by atoms with Crippen LogP contribution in [-0.2, 0) is 4.74 Å². The molecule has 1 aliphatic heterocycles. The van der Waals surface area contributed by atoms with E-state index in [2.05, 4.69) is 9.73 Å². The summed E-state index contributed by atoms with van der Waals surface area (Å²) in [5.41, 5.74) is 5.14. The number of aliphatic hydroxyl groups excluding tert-OH is 1. The second kappa shape index (κ2) is 1.94. The van der Waals surface area contributed by atoms with Crippen molar-refractivity contribution in [3.05, 3.63) is 0 Å². The van der Waals surface area contributed by atoms with E-state index in [4.69, 9.17) is 15.9 Å². The first-order chi connectivity index (χ1) is 4.16. The minimum Gasteiger partial charge on any atom is -0.389 e. The van der Waals surface area contributed by atoms with Crippen molar-refractivity contribution in [2.75, 3.05) is 13.2 Å². The molecule has 1 aliphatic rings. The fourth-order valence-electron chi connectivity index (χ4n) is 0.559. The Bertz CT molecular complexity index is 147. The van der Waals surface area contributed by atoms with Crippen LogP contribution in [0.25, 0.3) is 0 Å². The third kappa shape index (κ3) is 1.18. The van der Waals surface area contributed by atoms with Gasteiger partial charge in [0.05, 0.1) is 0 Å². The maximum Gasteiger partial charge on any atom is 0.293 e. The SMILES string of the molecule is NC1=NC(O)(CO)OC1. The summed E-state index contributed by atoms with van der Waals surface area (Å²) >= 11 is 0. The second-order valence-corrected chi connectivity index (χ2v) is 1.79. The van der Waals surface area contributed by atoms with Crippen molar-refractivity contribution in [1.82, 2.24) is 0 Å². The van der Waals surface area contributed by atoms with Gasteiger partial charge in [0.2, 0.25) is 0 Å². The molecule has 1 heterocycles. The molecule has 0 saturated heterocycles. The lowest BCUT2D eigenvalue weighted by Gasteiger charge is -2.13. The summed E-state index contributed by atoms with van der Waals surface area (Å²) < 4.78 is 4.58. The summed E-state index contributed by atoms with van der Waals surface area (Å²) in [7, 11) is 0. The van der Waals surface area contributed by atoms with E-state index in [1.165, 1.54) is 0 Å². The minimum absolute atomic E-state index is 0.0804. The first-order valence-corrected chi connectivity index (χ1v) is 2.48. The zero-order valence-corrected chi connectivity index (χ0v) is 4.74. The number of nitrogens with zero attached hydrogens (tertiary/aromatic N) is 1. The minimum atomic E-state index is -1.77. The van der Waals surface area contributed by atoms with Gasteiger partial charge in [0.25, 0.3) is 5.91 Å². The zero-order valence-electron chi connectivity index (χ0n) is 4.74. The van der Waals surface area contributed by atoms with Crippen LogP contribution in [0.3, 0.4) is 0 Å². The summed E-state index contributed by atoms with van der Waals surface area (Å²) in [6, 6.07) is 0. The molecule has 1 atom stereocenters. The Hall–Kier alpha value is -0.650. The molecule has 0 amide bonds. The Balaban J connectivity index is 2.64. The molecule has 9 heavy (non-hydrogen) atoms. The second-order valence-electron chi connectivity index (χ2n) is 1.79. The van der Waals surface area contributed by atoms with E-state index in [0.717, 1.165) is 0 Å². The van der Waals surface area contributed by atoms with Crippen LogP contribution >= 0.6 is 0 Å². The molecule has 0 spiro atoms. The van der Waals surface area contributed by atoms with E-state index >= 15 is 0 Å². The first kappa shape index (κ1) is 6.47. The quantitative estimate of drug-likeness (QED) is 0.385. The Morgan fingerprint density at radius 1 is 1.89 bits per heavy atom. The predicted octanol–water partition coefficient (Wildman–Crippen LogP) is -1.99. The number of hydrogen-bond donors (Lipinski definition) is 3. The van der Waals surface area contributed by atoms with Gasteiger partial charge >= 0.3 is 0 Å². The van der Waals surface area contributed by atoms with Gasteiger partial charge < -0.3 is 20.7 Å². The van der Waals surface area contributed by atoms with Crippen molar-refractivity contribution in [1.29, 1.82) is 0 Å². The van der Waals surface area contributed by atoms with Crippen LogP contribution in [0.2, 0.25) is 0 Å². The third-order valence-electron chi connectivity index (χ3n) is 0.975. The maximum atomic E-state index is 8.93. The Labute approximate surface area is 51.8 Å². The highest BCUT2D eigenvalue weighted by atomic mass is 16.7. The Morgan fingerprint density at radius 2 is 2.56 bits per heavy atom. The predicted molar refractivity (Wildman–Crippen MR) is 29.6 cm³/mol. The summed E-state index contributed by atoms with van der Waals surface area (Å²) in [6.45, 7) is -0.481. The summed E-state index contributed by atoms with van der Waals surface area (Å²) in [6.07, 6.45) is 0. The van der Waals surface area contributed by atoms with Crippen LogP contribution in [0.1, 0.15) is 0 Å². The highest BCUT2D eigenvalue weighted by Gasteiger charge is 2.31. The lowest BCUT2D eigenvalue weighted by molar-refractivity contribution is -0.196. The maximum absolute atomic E-state index is 8.93. The van der Waals surface area contributed by atoms with E-state index in [-0.39, 0.29) is 12.4 Å². The molecule has 0 aromatic rings. The molecule has 0 saturated carbocycles. The van der Waals surface area contributed by atoms with Crippen molar-refractivity contribution in [2.45, 2.75) is 5.91 Å². The van der Waals surface area contributed by atoms with E-state index in [9.17, 15) is 0 Å². The van der Waals surface area contributed by atoms with Gasteiger partial charge in [-0.2, -0.15) is 0 Å². The van der Waals surface area contributed by atoms with E-state index in [1.807, 2.05) is 0 Å². The van der Waals surface area contributed by atoms with Crippen molar-refractivity contribution in [3.8, 4) is 0 Å². The van der Waals surface area contributed by atoms with Crippen molar-refractivity contribution in [2.24, 2.45) is 10.7 Å². The number of rotatable bonds is 1. The lowest BCUT2D eigenvalue weighted by Crippen LogP contribution is -2.30. The highest BCUT2D eigenvalue weighted by molar-refractivity contribution is 5.83. The number of ether oxygens (including phenoxy) is 1. The van der Waals surface area contributed by atoms with Crippen molar-refractivity contribution in [3.63, 3.8) is 0 Å². The van der Waals surface area contributed by atoms with Gasteiger partial charge in [0.1, 0.15) is 19.0 Å². The monoisotopic (exact) mass is 132 g/mol. The van der Waals surface area contributed by atoms with Gasteiger partial charge in [-0.15, -0.1) is 0 Å². The Morgan fingerprint density at radius 3 is 2.78 bits per heavy atom. The first-order valence-electron chi connectivity index (χ1n) is 2.48. The van der Waals surface area contributed by atoms with E-state index in [1.54, 1.807) is 0 Å². The van der Waals surface area contributed by atoms with Gasteiger partial charge in [-0.25, -0.2) is 4.99 Å². The zero-order chi connectivity index (χ0) is 6.91. The molecule has 0 radical (unpaired) electrons. The normalized spacial score (nSPS) is 34.7. The van der Waals surface area contributed by atoms with Crippen LogP contribution in [0, 0.1) is 0 Å². The number of amidine groups is 1. The standard InChI is InChI=1S/C4H8N2O3/c5-3-1-9-4(8,2-7)6-3/h7-8H,1-2H2,(H2,5,6). The van der Waals surface area contributed by atoms with Crippen LogP contribution in [0.15, 0.2) is 4.99 Å². The lowest BCUT2D eigenvalue weighted by atomic mass is 10.5. The summed E-state index contributed by atoms with van der Waals surface area (Å²) in [5.74, 6) is -1.57. The summed E-state index contributed by atoms with van der Waals surface area (Å²) in [4.78, 5) is 3.42. The molecule has 4 N–H and O–H groups in total. The van der Waals surface area contributed by atoms with Gasteiger partial charge in [0.15, 0.2) is 0 Å². The molecule has 1 unspecified atom stereocenters. The molecule has 5 nitrogen and oxygen atoms in total. The summed E-state index contributed by atoms with van der Waals surface area (Å²) in [5, 5.41) is 17.3. The fraction of sp³-hybridized carbons (Fsp3) is 0.750. The highest BCUT2D eigenvalue weighted by Crippen LogP contribution is 2.12.